The molecule has 0 fully saturated rings. The molecule has 2 nitrogen and oxygen atoms in total. The molecule has 1 aromatic rings. The molecule has 1 rings (SSSR count). The molecule has 80 valence electrons. The van der Waals surface area contributed by atoms with Crippen molar-refractivity contribution in [1.82, 2.24) is 4.90 Å². The van der Waals surface area contributed by atoms with Gasteiger partial charge in [-0.15, -0.1) is 6.58 Å². The number of rotatable bonds is 5. The van der Waals surface area contributed by atoms with Crippen LogP contribution < -0.4 is 0 Å². The average Bonchev–Trinajstić information content (AvgIpc) is 2.26. The largest absolute Gasteiger partial charge is 0.308 e. The van der Waals surface area contributed by atoms with Crippen molar-refractivity contribution >= 4 is 5.78 Å². The molecule has 0 radical (unpaired) electrons. The summed E-state index contributed by atoms with van der Waals surface area (Å²) in [7, 11) is 3.91. The van der Waals surface area contributed by atoms with Crippen LogP contribution in [0.2, 0.25) is 0 Å². The number of nitrogens with zero attached hydrogens (tertiary/aromatic N) is 1. The van der Waals surface area contributed by atoms with E-state index in [1.54, 1.807) is 6.08 Å². The van der Waals surface area contributed by atoms with E-state index in [1.807, 2.05) is 49.3 Å². The highest BCUT2D eigenvalue weighted by Gasteiger charge is 2.16. The van der Waals surface area contributed by atoms with E-state index in [9.17, 15) is 4.79 Å². The summed E-state index contributed by atoms with van der Waals surface area (Å²) in [6, 6.07) is 9.35. The fraction of sp³-hybridized carbons (Fsp3) is 0.308. The van der Waals surface area contributed by atoms with Crippen LogP contribution in [0, 0.1) is 5.92 Å². The Kier molecular flexibility index (Phi) is 4.25. The van der Waals surface area contributed by atoms with Gasteiger partial charge in [-0.1, -0.05) is 36.4 Å². The van der Waals surface area contributed by atoms with E-state index in [0.29, 0.717) is 6.54 Å². The molecule has 1 aromatic carbocycles. The molecule has 15 heavy (non-hydrogen) atoms. The molecule has 0 aromatic heterocycles. The highest BCUT2D eigenvalue weighted by atomic mass is 16.1. The van der Waals surface area contributed by atoms with Crippen molar-refractivity contribution in [3.05, 3.63) is 48.6 Å². The highest BCUT2D eigenvalue weighted by molar-refractivity contribution is 5.98. The quantitative estimate of drug-likeness (QED) is 0.540. The molecule has 0 bridgehead atoms. The lowest BCUT2D eigenvalue weighted by Crippen LogP contribution is -2.26. The van der Waals surface area contributed by atoms with Crippen LogP contribution in [-0.2, 0) is 0 Å². The summed E-state index contributed by atoms with van der Waals surface area (Å²) in [5.74, 6) is 0.0155. The summed E-state index contributed by atoms with van der Waals surface area (Å²) in [5, 5.41) is 0. The van der Waals surface area contributed by atoms with Gasteiger partial charge in [0.05, 0.1) is 5.92 Å². The van der Waals surface area contributed by atoms with Gasteiger partial charge in [0.1, 0.15) is 0 Å². The van der Waals surface area contributed by atoms with Crippen LogP contribution in [0.25, 0.3) is 0 Å². The SMILES string of the molecule is C=CC(CN(C)C)C(=O)c1ccccc1. The number of benzene rings is 1. The fourth-order valence-electron chi connectivity index (χ4n) is 1.47. The molecule has 0 aliphatic carbocycles. The maximum atomic E-state index is 12.0. The van der Waals surface area contributed by atoms with E-state index >= 15 is 0 Å². The monoisotopic (exact) mass is 203 g/mol. The summed E-state index contributed by atoms with van der Waals surface area (Å²) >= 11 is 0. The van der Waals surface area contributed by atoms with Crippen LogP contribution in [0.1, 0.15) is 10.4 Å². The first-order chi connectivity index (χ1) is 7.15. The van der Waals surface area contributed by atoms with E-state index < -0.39 is 0 Å². The summed E-state index contributed by atoms with van der Waals surface area (Å²) in [6.45, 7) is 4.42. The second-order valence-corrected chi connectivity index (χ2v) is 3.83. The Hall–Kier alpha value is -1.41. The van der Waals surface area contributed by atoms with Gasteiger partial charge in [-0.25, -0.2) is 0 Å². The molecule has 2 heteroatoms. The van der Waals surface area contributed by atoms with Crippen LogP contribution in [-0.4, -0.2) is 31.3 Å². The predicted molar refractivity (Wildman–Crippen MR) is 63.0 cm³/mol. The van der Waals surface area contributed by atoms with E-state index in [4.69, 9.17) is 0 Å². The van der Waals surface area contributed by atoms with Gasteiger partial charge in [0.2, 0.25) is 0 Å². The lowest BCUT2D eigenvalue weighted by molar-refractivity contribution is 0.0928. The van der Waals surface area contributed by atoms with Crippen molar-refractivity contribution < 1.29 is 4.79 Å². The van der Waals surface area contributed by atoms with Crippen molar-refractivity contribution in [3.8, 4) is 0 Å². The van der Waals surface area contributed by atoms with Gasteiger partial charge in [-0.05, 0) is 14.1 Å². The molecule has 0 saturated heterocycles. The number of carbonyl (C=O) groups excluding carboxylic acids is 1. The van der Waals surface area contributed by atoms with E-state index in [2.05, 4.69) is 6.58 Å². The van der Waals surface area contributed by atoms with Gasteiger partial charge in [0.15, 0.2) is 5.78 Å². The Morgan fingerprint density at radius 2 is 2.00 bits per heavy atom. The minimum Gasteiger partial charge on any atom is -0.308 e. The van der Waals surface area contributed by atoms with Crippen LogP contribution in [0.3, 0.4) is 0 Å². The smallest absolute Gasteiger partial charge is 0.170 e. The lowest BCUT2D eigenvalue weighted by atomic mass is 9.97. The van der Waals surface area contributed by atoms with Gasteiger partial charge in [-0.3, -0.25) is 4.79 Å². The molecule has 0 N–H and O–H groups in total. The molecule has 1 atom stereocenters. The first-order valence-corrected chi connectivity index (χ1v) is 5.01. The number of hydrogen-bond acceptors (Lipinski definition) is 2. The molecule has 0 aliphatic heterocycles. The Morgan fingerprint density at radius 1 is 1.40 bits per heavy atom. The van der Waals surface area contributed by atoms with Crippen LogP contribution in [0.4, 0.5) is 0 Å². The first-order valence-electron chi connectivity index (χ1n) is 5.01. The summed E-state index contributed by atoms with van der Waals surface area (Å²) in [6.07, 6.45) is 1.72. The molecule has 0 aliphatic rings. The predicted octanol–water partition coefficient (Wildman–Crippen LogP) is 2.23. The standard InChI is InChI=1S/C13H17NO/c1-4-11(10-14(2)3)13(15)12-8-6-5-7-9-12/h4-9,11H,1,10H2,2-3H3. The van der Waals surface area contributed by atoms with Gasteiger partial charge in [-0.2, -0.15) is 0 Å². The lowest BCUT2D eigenvalue weighted by Gasteiger charge is -2.16. The topological polar surface area (TPSA) is 20.3 Å². The van der Waals surface area contributed by atoms with E-state index in [-0.39, 0.29) is 11.7 Å². The second-order valence-electron chi connectivity index (χ2n) is 3.83. The van der Waals surface area contributed by atoms with Crippen LogP contribution >= 0.6 is 0 Å². The third kappa shape index (κ3) is 3.33. The zero-order valence-electron chi connectivity index (χ0n) is 9.31. The third-order valence-corrected chi connectivity index (χ3v) is 2.24. The molecule has 0 heterocycles. The number of Topliss-reactive ketones (excluding diaryl/α,β-unsaturated/α-hetero) is 1. The van der Waals surface area contributed by atoms with Crippen LogP contribution in [0.5, 0.6) is 0 Å². The second kappa shape index (κ2) is 5.47. The van der Waals surface area contributed by atoms with Gasteiger partial charge in [0, 0.05) is 12.1 Å². The molecule has 0 amide bonds. The summed E-state index contributed by atoms with van der Waals surface area (Å²) < 4.78 is 0. The van der Waals surface area contributed by atoms with Crippen molar-refractivity contribution in [2.24, 2.45) is 5.92 Å². The highest BCUT2D eigenvalue weighted by Crippen LogP contribution is 2.10. The summed E-state index contributed by atoms with van der Waals surface area (Å²) in [4.78, 5) is 14.0. The number of carbonyl (C=O) groups is 1. The van der Waals surface area contributed by atoms with Gasteiger partial charge >= 0.3 is 0 Å². The normalized spacial score (nSPS) is 12.5. The van der Waals surface area contributed by atoms with Crippen LogP contribution in [0.15, 0.2) is 43.0 Å². The third-order valence-electron chi connectivity index (χ3n) is 2.24. The minimum atomic E-state index is -0.123. The Bertz CT molecular complexity index is 330. The van der Waals surface area contributed by atoms with E-state index in [1.165, 1.54) is 0 Å². The molecule has 1 unspecified atom stereocenters. The number of hydrogen-bond donors (Lipinski definition) is 0. The Morgan fingerprint density at radius 3 is 2.47 bits per heavy atom. The van der Waals surface area contributed by atoms with E-state index in [0.717, 1.165) is 5.56 Å². The number of ketones is 1. The first kappa shape index (κ1) is 11.7. The maximum Gasteiger partial charge on any atom is 0.170 e. The zero-order chi connectivity index (χ0) is 11.3. The zero-order valence-corrected chi connectivity index (χ0v) is 9.31. The molecular weight excluding hydrogens is 186 g/mol. The summed E-state index contributed by atoms with van der Waals surface area (Å²) in [5.41, 5.74) is 0.754. The van der Waals surface area contributed by atoms with Gasteiger partial charge < -0.3 is 4.90 Å². The van der Waals surface area contributed by atoms with Crippen molar-refractivity contribution in [2.75, 3.05) is 20.6 Å². The minimum absolute atomic E-state index is 0.123. The molecular formula is C13H17NO. The fourth-order valence-corrected chi connectivity index (χ4v) is 1.47. The van der Waals surface area contributed by atoms with Crippen molar-refractivity contribution in [1.29, 1.82) is 0 Å². The average molecular weight is 203 g/mol. The van der Waals surface area contributed by atoms with Crippen molar-refractivity contribution in [2.45, 2.75) is 0 Å². The molecule has 0 saturated carbocycles. The van der Waals surface area contributed by atoms with Crippen molar-refractivity contribution in [3.63, 3.8) is 0 Å². The molecule has 0 spiro atoms. The van der Waals surface area contributed by atoms with Gasteiger partial charge in [0.25, 0.3) is 0 Å². The Labute approximate surface area is 91.2 Å². The Balaban J connectivity index is 2.78. The maximum absolute atomic E-state index is 12.0.